The van der Waals surface area contributed by atoms with E-state index >= 15 is 0 Å². The van der Waals surface area contributed by atoms with Gasteiger partial charge in [0.05, 0.1) is 5.69 Å². The summed E-state index contributed by atoms with van der Waals surface area (Å²) in [5, 5.41) is 7.77. The molecule has 1 aromatic heterocycles. The number of hydrogen-bond donors (Lipinski definition) is 1. The molecule has 1 aromatic carbocycles. The number of nitrogens with one attached hydrogen (secondary N) is 1. The fourth-order valence-corrected chi connectivity index (χ4v) is 2.86. The first-order chi connectivity index (χ1) is 11.9. The van der Waals surface area contributed by atoms with Gasteiger partial charge in [-0.15, -0.1) is 0 Å². The van der Waals surface area contributed by atoms with E-state index in [0.29, 0.717) is 13.1 Å². The van der Waals surface area contributed by atoms with Crippen molar-refractivity contribution in [3.63, 3.8) is 0 Å². The summed E-state index contributed by atoms with van der Waals surface area (Å²) < 4.78 is 15.0. The number of aliphatic imine (C=N–C) groups is 1. The molecule has 136 valence electrons. The summed E-state index contributed by atoms with van der Waals surface area (Å²) >= 11 is 0. The molecule has 0 radical (unpaired) electrons. The summed E-state index contributed by atoms with van der Waals surface area (Å²) in [6.45, 7) is 8.36. The molecule has 6 heteroatoms. The van der Waals surface area contributed by atoms with E-state index in [1.165, 1.54) is 23.4 Å². The molecule has 0 spiro atoms. The Balaban J connectivity index is 2.02. The first-order valence-corrected chi connectivity index (χ1v) is 8.65. The largest absolute Gasteiger partial charge is 0.357 e. The van der Waals surface area contributed by atoms with Crippen LogP contribution in [0.2, 0.25) is 0 Å². The lowest BCUT2D eigenvalue weighted by atomic mass is 10.1. The Morgan fingerprint density at radius 1 is 1.28 bits per heavy atom. The Morgan fingerprint density at radius 3 is 2.52 bits per heavy atom. The number of halogens is 1. The van der Waals surface area contributed by atoms with Gasteiger partial charge in [0.2, 0.25) is 0 Å². The standard InChI is InChI=1S/C19H28FN5/c1-6-21-19(24(4)13-16-7-9-17(20)10-8-16)22-12-11-18-14(2)23-25(5)15(18)3/h7-10H,6,11-13H2,1-5H3,(H,21,22). The smallest absolute Gasteiger partial charge is 0.193 e. The van der Waals surface area contributed by atoms with Gasteiger partial charge in [-0.05, 0) is 50.5 Å². The number of aromatic nitrogens is 2. The van der Waals surface area contributed by atoms with Crippen molar-refractivity contribution >= 4 is 5.96 Å². The molecular formula is C19H28FN5. The second-order valence-electron chi connectivity index (χ2n) is 6.24. The molecular weight excluding hydrogens is 317 g/mol. The number of guanidine groups is 1. The molecule has 0 amide bonds. The molecule has 2 rings (SSSR count). The Kier molecular flexibility index (Phi) is 6.56. The monoisotopic (exact) mass is 345 g/mol. The van der Waals surface area contributed by atoms with Gasteiger partial charge in [0, 0.05) is 39.4 Å². The average Bonchev–Trinajstić information content (AvgIpc) is 2.82. The molecule has 1 heterocycles. The maximum Gasteiger partial charge on any atom is 0.193 e. The van der Waals surface area contributed by atoms with Crippen molar-refractivity contribution in [3.05, 3.63) is 52.6 Å². The number of rotatable bonds is 6. The second-order valence-corrected chi connectivity index (χ2v) is 6.24. The maximum atomic E-state index is 13.0. The Morgan fingerprint density at radius 2 is 1.96 bits per heavy atom. The van der Waals surface area contributed by atoms with Crippen LogP contribution in [0.5, 0.6) is 0 Å². The third kappa shape index (κ3) is 5.05. The van der Waals surface area contributed by atoms with Gasteiger partial charge >= 0.3 is 0 Å². The number of nitrogens with zero attached hydrogens (tertiary/aromatic N) is 4. The lowest BCUT2D eigenvalue weighted by molar-refractivity contribution is 0.476. The molecule has 2 aromatic rings. The highest BCUT2D eigenvalue weighted by Gasteiger charge is 2.10. The minimum atomic E-state index is -0.214. The molecule has 0 fully saturated rings. The van der Waals surface area contributed by atoms with Crippen molar-refractivity contribution in [1.82, 2.24) is 20.0 Å². The van der Waals surface area contributed by atoms with Gasteiger partial charge in [-0.25, -0.2) is 4.39 Å². The van der Waals surface area contributed by atoms with E-state index in [0.717, 1.165) is 30.2 Å². The van der Waals surface area contributed by atoms with E-state index in [1.807, 2.05) is 25.7 Å². The van der Waals surface area contributed by atoms with E-state index in [2.05, 4.69) is 29.2 Å². The Labute approximate surface area is 149 Å². The van der Waals surface area contributed by atoms with Crippen LogP contribution in [0, 0.1) is 19.7 Å². The molecule has 1 N–H and O–H groups in total. The van der Waals surface area contributed by atoms with Crippen molar-refractivity contribution in [2.24, 2.45) is 12.0 Å². The van der Waals surface area contributed by atoms with Crippen molar-refractivity contribution in [1.29, 1.82) is 0 Å². The zero-order valence-electron chi connectivity index (χ0n) is 15.8. The van der Waals surface area contributed by atoms with Crippen molar-refractivity contribution < 1.29 is 4.39 Å². The number of hydrogen-bond acceptors (Lipinski definition) is 2. The lowest BCUT2D eigenvalue weighted by Gasteiger charge is -2.22. The molecule has 0 aliphatic carbocycles. The SMILES string of the molecule is CCNC(=NCCc1c(C)nn(C)c1C)N(C)Cc1ccc(F)cc1. The molecule has 0 saturated carbocycles. The van der Waals surface area contributed by atoms with Crippen molar-refractivity contribution in [2.75, 3.05) is 20.1 Å². The minimum absolute atomic E-state index is 0.214. The van der Waals surface area contributed by atoms with Crippen LogP contribution in [-0.4, -0.2) is 40.8 Å². The quantitative estimate of drug-likeness (QED) is 0.647. The summed E-state index contributed by atoms with van der Waals surface area (Å²) in [4.78, 5) is 6.79. The highest BCUT2D eigenvalue weighted by Crippen LogP contribution is 2.12. The van der Waals surface area contributed by atoms with Gasteiger partial charge in [-0.3, -0.25) is 9.67 Å². The van der Waals surface area contributed by atoms with Gasteiger partial charge in [0.1, 0.15) is 5.82 Å². The third-order valence-electron chi connectivity index (χ3n) is 4.31. The van der Waals surface area contributed by atoms with E-state index in [-0.39, 0.29) is 5.82 Å². The van der Waals surface area contributed by atoms with Crippen LogP contribution < -0.4 is 5.32 Å². The van der Waals surface area contributed by atoms with Crippen LogP contribution >= 0.6 is 0 Å². The first kappa shape index (κ1) is 19.0. The summed E-state index contributed by atoms with van der Waals surface area (Å²) in [5.74, 6) is 0.639. The average molecular weight is 345 g/mol. The van der Waals surface area contributed by atoms with Crippen LogP contribution in [-0.2, 0) is 20.0 Å². The van der Waals surface area contributed by atoms with Gasteiger partial charge in [-0.1, -0.05) is 12.1 Å². The highest BCUT2D eigenvalue weighted by atomic mass is 19.1. The van der Waals surface area contributed by atoms with Crippen LogP contribution in [0.4, 0.5) is 4.39 Å². The fourth-order valence-electron chi connectivity index (χ4n) is 2.86. The van der Waals surface area contributed by atoms with Crippen molar-refractivity contribution in [3.8, 4) is 0 Å². The van der Waals surface area contributed by atoms with Gasteiger partial charge < -0.3 is 10.2 Å². The summed E-state index contributed by atoms with van der Waals surface area (Å²) in [5.41, 5.74) is 4.58. The number of benzene rings is 1. The summed E-state index contributed by atoms with van der Waals surface area (Å²) in [7, 11) is 3.96. The van der Waals surface area contributed by atoms with E-state index in [1.54, 1.807) is 12.1 Å². The van der Waals surface area contributed by atoms with Gasteiger partial charge in [0.15, 0.2) is 5.96 Å². The normalized spacial score (nSPS) is 11.7. The first-order valence-electron chi connectivity index (χ1n) is 8.65. The molecule has 0 atom stereocenters. The zero-order chi connectivity index (χ0) is 18.4. The van der Waals surface area contributed by atoms with Crippen LogP contribution in [0.25, 0.3) is 0 Å². The molecule has 5 nitrogen and oxygen atoms in total. The molecule has 25 heavy (non-hydrogen) atoms. The molecule has 0 bridgehead atoms. The van der Waals surface area contributed by atoms with E-state index in [9.17, 15) is 4.39 Å². The lowest BCUT2D eigenvalue weighted by Crippen LogP contribution is -2.38. The molecule has 0 aliphatic heterocycles. The maximum absolute atomic E-state index is 13.0. The van der Waals surface area contributed by atoms with E-state index in [4.69, 9.17) is 4.99 Å². The predicted octanol–water partition coefficient (Wildman–Crippen LogP) is 2.82. The Hall–Kier alpha value is -2.37. The molecule has 0 aliphatic rings. The van der Waals surface area contributed by atoms with Crippen LogP contribution in [0.1, 0.15) is 29.4 Å². The van der Waals surface area contributed by atoms with Crippen molar-refractivity contribution in [2.45, 2.75) is 33.7 Å². The predicted molar refractivity (Wildman–Crippen MR) is 100 cm³/mol. The van der Waals surface area contributed by atoms with Crippen LogP contribution in [0.15, 0.2) is 29.3 Å². The Bertz CT molecular complexity index is 718. The fraction of sp³-hybridized carbons (Fsp3) is 0.474. The summed E-state index contributed by atoms with van der Waals surface area (Å²) in [6, 6.07) is 6.58. The zero-order valence-corrected chi connectivity index (χ0v) is 15.8. The highest BCUT2D eigenvalue weighted by molar-refractivity contribution is 5.79. The van der Waals surface area contributed by atoms with Gasteiger partial charge in [0.25, 0.3) is 0 Å². The summed E-state index contributed by atoms with van der Waals surface area (Å²) in [6.07, 6.45) is 0.866. The van der Waals surface area contributed by atoms with Gasteiger partial charge in [-0.2, -0.15) is 5.10 Å². The van der Waals surface area contributed by atoms with Crippen LogP contribution in [0.3, 0.4) is 0 Å². The van der Waals surface area contributed by atoms with E-state index < -0.39 is 0 Å². The number of aryl methyl sites for hydroxylation is 2. The molecule has 0 saturated heterocycles. The minimum Gasteiger partial charge on any atom is -0.357 e. The molecule has 0 unspecified atom stereocenters. The third-order valence-corrected chi connectivity index (χ3v) is 4.31. The second kappa shape index (κ2) is 8.65. The topological polar surface area (TPSA) is 45.5 Å².